The first-order chi connectivity index (χ1) is 12.3. The summed E-state index contributed by atoms with van der Waals surface area (Å²) in [6, 6.07) is 10.0. The fourth-order valence-corrected chi connectivity index (χ4v) is 2.51. The molecule has 0 aliphatic heterocycles. The summed E-state index contributed by atoms with van der Waals surface area (Å²) in [7, 11) is 2.93. The summed E-state index contributed by atoms with van der Waals surface area (Å²) in [4.78, 5) is 25.8. The van der Waals surface area contributed by atoms with Gasteiger partial charge in [-0.15, -0.1) is 0 Å². The molecule has 2 aromatic carbocycles. The van der Waals surface area contributed by atoms with Crippen LogP contribution >= 0.6 is 0 Å². The number of ether oxygens (including phenoxy) is 1. The number of methoxy groups -OCH3 is 1. The van der Waals surface area contributed by atoms with E-state index in [1.165, 1.54) is 24.1 Å². The second kappa shape index (κ2) is 8.47. The van der Waals surface area contributed by atoms with Crippen LogP contribution in [0.15, 0.2) is 36.4 Å². The summed E-state index contributed by atoms with van der Waals surface area (Å²) >= 11 is 0. The predicted molar refractivity (Wildman–Crippen MR) is 98.8 cm³/mol. The van der Waals surface area contributed by atoms with Crippen molar-refractivity contribution >= 4 is 17.5 Å². The number of carbonyl (C=O) groups excluding carboxylic acids is 2. The maximum atomic E-state index is 13.7. The van der Waals surface area contributed by atoms with Crippen molar-refractivity contribution in [3.63, 3.8) is 0 Å². The zero-order valence-electron chi connectivity index (χ0n) is 15.4. The minimum absolute atomic E-state index is 0.00810. The molecule has 2 amide bonds. The molecular formula is C20H23FN2O3. The van der Waals surface area contributed by atoms with E-state index in [0.29, 0.717) is 5.56 Å². The molecular weight excluding hydrogens is 335 g/mol. The first-order valence-corrected chi connectivity index (χ1v) is 8.24. The SMILES string of the molecule is COc1ccc(CC(=O)N(C)CC(=O)Nc2cccc(C)c2C)cc1F. The van der Waals surface area contributed by atoms with Crippen molar-refractivity contribution in [2.45, 2.75) is 20.3 Å². The van der Waals surface area contributed by atoms with Gasteiger partial charge in [0, 0.05) is 12.7 Å². The number of amides is 2. The Hall–Kier alpha value is -2.89. The maximum absolute atomic E-state index is 13.7. The largest absolute Gasteiger partial charge is 0.494 e. The summed E-state index contributed by atoms with van der Waals surface area (Å²) in [5.41, 5.74) is 3.32. The van der Waals surface area contributed by atoms with Gasteiger partial charge in [0.1, 0.15) is 0 Å². The van der Waals surface area contributed by atoms with Gasteiger partial charge >= 0.3 is 0 Å². The summed E-state index contributed by atoms with van der Waals surface area (Å²) in [5.74, 6) is -0.947. The fraction of sp³-hybridized carbons (Fsp3) is 0.300. The molecule has 0 unspecified atom stereocenters. The highest BCUT2D eigenvalue weighted by atomic mass is 19.1. The van der Waals surface area contributed by atoms with Gasteiger partial charge in [0.25, 0.3) is 0 Å². The van der Waals surface area contributed by atoms with Crippen molar-refractivity contribution in [2.24, 2.45) is 0 Å². The number of likely N-dealkylation sites (N-methyl/N-ethyl adjacent to an activating group) is 1. The molecule has 6 heteroatoms. The van der Waals surface area contributed by atoms with E-state index in [-0.39, 0.29) is 30.5 Å². The van der Waals surface area contributed by atoms with Gasteiger partial charge in [-0.2, -0.15) is 0 Å². The molecule has 0 saturated carbocycles. The Morgan fingerprint density at radius 3 is 2.58 bits per heavy atom. The van der Waals surface area contributed by atoms with Crippen LogP contribution in [-0.2, 0) is 16.0 Å². The van der Waals surface area contributed by atoms with Crippen LogP contribution in [0.2, 0.25) is 0 Å². The summed E-state index contributed by atoms with van der Waals surface area (Å²) in [6.45, 7) is 3.82. The third-order valence-electron chi connectivity index (χ3n) is 4.26. The monoisotopic (exact) mass is 358 g/mol. The molecule has 0 bridgehead atoms. The third-order valence-corrected chi connectivity index (χ3v) is 4.26. The fourth-order valence-electron chi connectivity index (χ4n) is 2.51. The molecule has 0 saturated heterocycles. The molecule has 26 heavy (non-hydrogen) atoms. The van der Waals surface area contributed by atoms with Gasteiger partial charge in [0.2, 0.25) is 11.8 Å². The molecule has 138 valence electrons. The van der Waals surface area contributed by atoms with E-state index in [9.17, 15) is 14.0 Å². The molecule has 2 rings (SSSR count). The van der Waals surface area contributed by atoms with Crippen LogP contribution in [0, 0.1) is 19.7 Å². The Balaban J connectivity index is 1.95. The van der Waals surface area contributed by atoms with Crippen LogP contribution in [0.25, 0.3) is 0 Å². The Bertz CT molecular complexity index is 821. The number of anilines is 1. The number of nitrogens with zero attached hydrogens (tertiary/aromatic N) is 1. The quantitative estimate of drug-likeness (QED) is 0.863. The molecule has 5 nitrogen and oxygen atoms in total. The van der Waals surface area contributed by atoms with E-state index in [1.54, 1.807) is 13.1 Å². The highest BCUT2D eigenvalue weighted by Crippen LogP contribution is 2.19. The first-order valence-electron chi connectivity index (χ1n) is 8.24. The number of benzene rings is 2. The lowest BCUT2D eigenvalue weighted by atomic mass is 10.1. The van der Waals surface area contributed by atoms with E-state index < -0.39 is 5.82 Å². The van der Waals surface area contributed by atoms with Gasteiger partial charge in [-0.3, -0.25) is 9.59 Å². The first kappa shape index (κ1) is 19.4. The van der Waals surface area contributed by atoms with Crippen LogP contribution in [0.1, 0.15) is 16.7 Å². The zero-order chi connectivity index (χ0) is 19.3. The minimum atomic E-state index is -0.520. The van der Waals surface area contributed by atoms with E-state index >= 15 is 0 Å². The van der Waals surface area contributed by atoms with Crippen LogP contribution in [0.3, 0.4) is 0 Å². The summed E-state index contributed by atoms with van der Waals surface area (Å²) < 4.78 is 18.6. The Morgan fingerprint density at radius 1 is 1.19 bits per heavy atom. The number of hydrogen-bond donors (Lipinski definition) is 1. The highest BCUT2D eigenvalue weighted by molar-refractivity contribution is 5.95. The number of rotatable bonds is 6. The number of hydrogen-bond acceptors (Lipinski definition) is 3. The number of aryl methyl sites for hydroxylation is 1. The summed E-state index contributed by atoms with van der Waals surface area (Å²) in [6.07, 6.45) is 0.00810. The average molecular weight is 358 g/mol. The van der Waals surface area contributed by atoms with Gasteiger partial charge in [-0.1, -0.05) is 18.2 Å². The van der Waals surface area contributed by atoms with Crippen molar-refractivity contribution in [1.29, 1.82) is 0 Å². The van der Waals surface area contributed by atoms with Gasteiger partial charge in [0.15, 0.2) is 11.6 Å². The maximum Gasteiger partial charge on any atom is 0.243 e. The van der Waals surface area contributed by atoms with Crippen LogP contribution in [-0.4, -0.2) is 37.4 Å². The number of nitrogens with one attached hydrogen (secondary N) is 1. The molecule has 1 N–H and O–H groups in total. The zero-order valence-corrected chi connectivity index (χ0v) is 15.4. The van der Waals surface area contributed by atoms with Crippen LogP contribution < -0.4 is 10.1 Å². The van der Waals surface area contributed by atoms with E-state index in [2.05, 4.69) is 5.32 Å². The minimum Gasteiger partial charge on any atom is -0.494 e. The Labute approximate surface area is 152 Å². The van der Waals surface area contributed by atoms with Crippen LogP contribution in [0.5, 0.6) is 5.75 Å². The molecule has 0 spiro atoms. The lowest BCUT2D eigenvalue weighted by Gasteiger charge is -2.18. The van der Waals surface area contributed by atoms with E-state index in [4.69, 9.17) is 4.74 Å². The van der Waals surface area contributed by atoms with Gasteiger partial charge in [-0.25, -0.2) is 4.39 Å². The topological polar surface area (TPSA) is 58.6 Å². The predicted octanol–water partition coefficient (Wildman–Crippen LogP) is 3.09. The van der Waals surface area contributed by atoms with Crippen molar-refractivity contribution in [3.05, 3.63) is 58.9 Å². The van der Waals surface area contributed by atoms with E-state index in [0.717, 1.165) is 16.8 Å². The molecule has 2 aromatic rings. The highest BCUT2D eigenvalue weighted by Gasteiger charge is 2.15. The smallest absolute Gasteiger partial charge is 0.243 e. The number of halogens is 1. The molecule has 0 heterocycles. The van der Waals surface area contributed by atoms with Crippen molar-refractivity contribution in [1.82, 2.24) is 4.90 Å². The second-order valence-corrected chi connectivity index (χ2v) is 6.19. The van der Waals surface area contributed by atoms with Crippen molar-refractivity contribution < 1.29 is 18.7 Å². The Kier molecular flexibility index (Phi) is 6.33. The average Bonchev–Trinajstić information content (AvgIpc) is 2.59. The van der Waals surface area contributed by atoms with Crippen molar-refractivity contribution in [2.75, 3.05) is 26.0 Å². The summed E-state index contributed by atoms with van der Waals surface area (Å²) in [5, 5.41) is 2.82. The third kappa shape index (κ3) is 4.81. The lowest BCUT2D eigenvalue weighted by molar-refractivity contribution is -0.132. The van der Waals surface area contributed by atoms with Gasteiger partial charge in [0.05, 0.1) is 20.1 Å². The molecule has 0 atom stereocenters. The normalized spacial score (nSPS) is 10.3. The standard InChI is InChI=1S/C20H23FN2O3/c1-13-6-5-7-17(14(13)2)22-19(24)12-23(3)20(25)11-15-8-9-18(26-4)16(21)10-15/h5-10H,11-12H2,1-4H3,(H,22,24). The molecule has 0 fully saturated rings. The molecule has 0 aliphatic carbocycles. The van der Waals surface area contributed by atoms with Crippen LogP contribution in [0.4, 0.5) is 10.1 Å². The molecule has 0 radical (unpaired) electrons. The number of carbonyl (C=O) groups is 2. The molecule has 0 aliphatic rings. The molecule has 0 aromatic heterocycles. The lowest BCUT2D eigenvalue weighted by Crippen LogP contribution is -2.36. The van der Waals surface area contributed by atoms with E-state index in [1.807, 2.05) is 32.0 Å². The van der Waals surface area contributed by atoms with Gasteiger partial charge < -0.3 is 15.0 Å². The Morgan fingerprint density at radius 2 is 1.92 bits per heavy atom. The van der Waals surface area contributed by atoms with Crippen molar-refractivity contribution in [3.8, 4) is 5.75 Å². The second-order valence-electron chi connectivity index (χ2n) is 6.19. The van der Waals surface area contributed by atoms with Gasteiger partial charge in [-0.05, 0) is 48.7 Å².